The average molecular weight is 441 g/mol. The highest BCUT2D eigenvalue weighted by atomic mass is 16.2. The minimum Gasteiger partial charge on any atom is -0.341 e. The lowest BCUT2D eigenvalue weighted by Crippen LogP contribution is -2.35. The van der Waals surface area contributed by atoms with Crippen molar-refractivity contribution in [3.63, 3.8) is 0 Å². The van der Waals surface area contributed by atoms with Gasteiger partial charge >= 0.3 is 0 Å². The number of anilines is 1. The van der Waals surface area contributed by atoms with Crippen LogP contribution in [0.2, 0.25) is 0 Å². The molecule has 0 unspecified atom stereocenters. The van der Waals surface area contributed by atoms with E-state index in [1.54, 1.807) is 4.90 Å². The van der Waals surface area contributed by atoms with Crippen molar-refractivity contribution in [3.05, 3.63) is 102 Å². The topological polar surface area (TPSA) is 40.6 Å². The average Bonchev–Trinajstić information content (AvgIpc) is 3.39. The SMILES string of the molecule is CN(Cc1ccccc1)C(=O)Cc1ccc(N(Cc2ccccc2)C(=O)C2CCCC2)cc1. The first-order valence-electron chi connectivity index (χ1n) is 11.8. The fourth-order valence-corrected chi connectivity index (χ4v) is 4.50. The number of hydrogen-bond acceptors (Lipinski definition) is 2. The van der Waals surface area contributed by atoms with Crippen molar-refractivity contribution in [2.75, 3.05) is 11.9 Å². The molecule has 4 nitrogen and oxygen atoms in total. The second-order valence-corrected chi connectivity index (χ2v) is 8.97. The van der Waals surface area contributed by atoms with Gasteiger partial charge in [-0.25, -0.2) is 0 Å². The highest BCUT2D eigenvalue weighted by molar-refractivity contribution is 5.95. The molecule has 2 amide bonds. The van der Waals surface area contributed by atoms with Gasteiger partial charge in [0.05, 0.1) is 13.0 Å². The quantitative estimate of drug-likeness (QED) is 0.457. The molecule has 0 aliphatic heterocycles. The Morgan fingerprint density at radius 1 is 0.727 bits per heavy atom. The van der Waals surface area contributed by atoms with Gasteiger partial charge in [-0.2, -0.15) is 0 Å². The van der Waals surface area contributed by atoms with E-state index in [9.17, 15) is 9.59 Å². The molecule has 4 rings (SSSR count). The van der Waals surface area contributed by atoms with Crippen molar-refractivity contribution in [1.82, 2.24) is 4.90 Å². The number of carbonyl (C=O) groups excluding carboxylic acids is 2. The van der Waals surface area contributed by atoms with Gasteiger partial charge < -0.3 is 9.80 Å². The maximum absolute atomic E-state index is 13.3. The van der Waals surface area contributed by atoms with Gasteiger partial charge in [-0.05, 0) is 41.7 Å². The molecule has 3 aromatic carbocycles. The smallest absolute Gasteiger partial charge is 0.230 e. The molecular formula is C29H32N2O2. The highest BCUT2D eigenvalue weighted by Crippen LogP contribution is 2.30. The molecule has 0 radical (unpaired) electrons. The maximum Gasteiger partial charge on any atom is 0.230 e. The van der Waals surface area contributed by atoms with Crippen molar-refractivity contribution in [2.45, 2.75) is 45.2 Å². The fourth-order valence-electron chi connectivity index (χ4n) is 4.50. The zero-order valence-corrected chi connectivity index (χ0v) is 19.3. The first-order valence-corrected chi connectivity index (χ1v) is 11.8. The van der Waals surface area contributed by atoms with Crippen molar-refractivity contribution in [1.29, 1.82) is 0 Å². The van der Waals surface area contributed by atoms with Gasteiger partial charge in [-0.15, -0.1) is 0 Å². The van der Waals surface area contributed by atoms with Crippen LogP contribution in [-0.4, -0.2) is 23.8 Å². The summed E-state index contributed by atoms with van der Waals surface area (Å²) in [5.41, 5.74) is 4.08. The first kappa shape index (κ1) is 22.8. The van der Waals surface area contributed by atoms with Crippen LogP contribution in [0.4, 0.5) is 5.69 Å². The zero-order chi connectivity index (χ0) is 23.0. The van der Waals surface area contributed by atoms with Crippen LogP contribution in [0.1, 0.15) is 42.4 Å². The molecule has 1 fully saturated rings. The monoisotopic (exact) mass is 440 g/mol. The number of likely N-dealkylation sites (N-methyl/N-ethyl adjacent to an activating group) is 1. The molecule has 0 aromatic heterocycles. The van der Waals surface area contributed by atoms with Crippen LogP contribution >= 0.6 is 0 Å². The lowest BCUT2D eigenvalue weighted by atomic mass is 10.0. The predicted octanol–water partition coefficient (Wildman–Crippen LogP) is 5.61. The Morgan fingerprint density at radius 2 is 1.27 bits per heavy atom. The number of amides is 2. The van der Waals surface area contributed by atoms with E-state index >= 15 is 0 Å². The Bertz CT molecular complexity index is 1040. The largest absolute Gasteiger partial charge is 0.341 e. The van der Waals surface area contributed by atoms with Gasteiger partial charge in [-0.1, -0.05) is 85.6 Å². The molecule has 1 aliphatic carbocycles. The third kappa shape index (κ3) is 6.10. The van der Waals surface area contributed by atoms with Gasteiger partial charge in [0.15, 0.2) is 0 Å². The fraction of sp³-hybridized carbons (Fsp3) is 0.310. The summed E-state index contributed by atoms with van der Waals surface area (Å²) in [7, 11) is 1.84. The standard InChI is InChI=1S/C29H32N2O2/c1-30(21-24-10-4-2-5-11-24)28(32)20-23-16-18-27(19-17-23)31(22-25-12-6-3-7-13-25)29(33)26-14-8-9-15-26/h2-7,10-13,16-19,26H,8-9,14-15,20-22H2,1H3. The summed E-state index contributed by atoms with van der Waals surface area (Å²) in [6, 6.07) is 28.1. The Morgan fingerprint density at radius 3 is 1.85 bits per heavy atom. The van der Waals surface area contributed by atoms with Crippen LogP contribution in [0.3, 0.4) is 0 Å². The van der Waals surface area contributed by atoms with E-state index < -0.39 is 0 Å². The molecule has 3 aromatic rings. The van der Waals surface area contributed by atoms with Crippen molar-refractivity contribution in [2.24, 2.45) is 5.92 Å². The minimum atomic E-state index is 0.0785. The van der Waals surface area contributed by atoms with Crippen molar-refractivity contribution >= 4 is 17.5 Å². The first-order chi connectivity index (χ1) is 16.1. The lowest BCUT2D eigenvalue weighted by molar-refractivity contribution is -0.129. The summed E-state index contributed by atoms with van der Waals surface area (Å²) < 4.78 is 0. The molecule has 0 spiro atoms. The molecule has 170 valence electrons. The van der Waals surface area contributed by atoms with E-state index in [1.807, 2.05) is 84.7 Å². The molecule has 4 heteroatoms. The van der Waals surface area contributed by atoms with Crippen LogP contribution < -0.4 is 4.90 Å². The van der Waals surface area contributed by atoms with E-state index in [0.29, 0.717) is 19.5 Å². The zero-order valence-electron chi connectivity index (χ0n) is 19.3. The summed E-state index contributed by atoms with van der Waals surface area (Å²) >= 11 is 0. The molecule has 0 heterocycles. The summed E-state index contributed by atoms with van der Waals surface area (Å²) in [4.78, 5) is 29.7. The normalized spacial score (nSPS) is 13.6. The van der Waals surface area contributed by atoms with E-state index in [0.717, 1.165) is 48.1 Å². The Hall–Kier alpha value is -3.40. The van der Waals surface area contributed by atoms with Gasteiger partial charge in [0, 0.05) is 25.2 Å². The Labute approximate surface area is 196 Å². The molecule has 1 saturated carbocycles. The van der Waals surface area contributed by atoms with E-state index in [-0.39, 0.29) is 17.7 Å². The number of benzene rings is 3. The number of nitrogens with zero attached hydrogens (tertiary/aromatic N) is 2. The minimum absolute atomic E-state index is 0.0785. The number of carbonyl (C=O) groups is 2. The van der Waals surface area contributed by atoms with E-state index in [1.165, 1.54) is 0 Å². The molecule has 0 atom stereocenters. The van der Waals surface area contributed by atoms with Gasteiger partial charge in [-0.3, -0.25) is 9.59 Å². The summed E-state index contributed by atoms with van der Waals surface area (Å²) in [6.07, 6.45) is 4.56. The molecule has 0 saturated heterocycles. The van der Waals surface area contributed by atoms with Crippen molar-refractivity contribution in [3.8, 4) is 0 Å². The molecular weight excluding hydrogens is 408 g/mol. The van der Waals surface area contributed by atoms with Gasteiger partial charge in [0.2, 0.25) is 11.8 Å². The number of rotatable bonds is 8. The summed E-state index contributed by atoms with van der Waals surface area (Å²) in [5, 5.41) is 0. The van der Waals surface area contributed by atoms with Crippen LogP contribution in [0, 0.1) is 5.92 Å². The molecule has 1 aliphatic rings. The predicted molar refractivity (Wildman–Crippen MR) is 133 cm³/mol. The summed E-state index contributed by atoms with van der Waals surface area (Å²) in [5.74, 6) is 0.402. The summed E-state index contributed by atoms with van der Waals surface area (Å²) in [6.45, 7) is 1.16. The Balaban J connectivity index is 1.45. The highest BCUT2D eigenvalue weighted by Gasteiger charge is 2.28. The third-order valence-corrected chi connectivity index (χ3v) is 6.45. The van der Waals surface area contributed by atoms with Crippen LogP contribution in [0.25, 0.3) is 0 Å². The van der Waals surface area contributed by atoms with Gasteiger partial charge in [0.1, 0.15) is 0 Å². The van der Waals surface area contributed by atoms with E-state index in [4.69, 9.17) is 0 Å². The van der Waals surface area contributed by atoms with Gasteiger partial charge in [0.25, 0.3) is 0 Å². The van der Waals surface area contributed by atoms with Crippen LogP contribution in [0.5, 0.6) is 0 Å². The van der Waals surface area contributed by atoms with Crippen molar-refractivity contribution < 1.29 is 9.59 Å². The maximum atomic E-state index is 13.3. The van der Waals surface area contributed by atoms with Crippen LogP contribution in [-0.2, 0) is 29.1 Å². The second kappa shape index (κ2) is 11.0. The lowest BCUT2D eigenvalue weighted by Gasteiger charge is -2.26. The molecule has 0 N–H and O–H groups in total. The molecule has 33 heavy (non-hydrogen) atoms. The van der Waals surface area contributed by atoms with Crippen LogP contribution in [0.15, 0.2) is 84.9 Å². The third-order valence-electron chi connectivity index (χ3n) is 6.45. The van der Waals surface area contributed by atoms with E-state index in [2.05, 4.69) is 12.1 Å². The molecule has 0 bridgehead atoms. The second-order valence-electron chi connectivity index (χ2n) is 8.97. The Kier molecular flexibility index (Phi) is 7.56. The number of hydrogen-bond donors (Lipinski definition) is 0.